The highest BCUT2D eigenvalue weighted by atomic mass is 16.5. The van der Waals surface area contributed by atoms with Crippen LogP contribution in [0.25, 0.3) is 32.3 Å². The lowest BCUT2D eigenvalue weighted by Crippen LogP contribution is -2.32. The Morgan fingerprint density at radius 3 is 2.52 bits per heavy atom. The van der Waals surface area contributed by atoms with Crippen LogP contribution in [-0.4, -0.2) is 44.3 Å². The van der Waals surface area contributed by atoms with Crippen molar-refractivity contribution in [1.82, 2.24) is 0 Å². The van der Waals surface area contributed by atoms with E-state index >= 15 is 0 Å². The first kappa shape index (κ1) is 24.9. The molecule has 0 bridgehead atoms. The Morgan fingerprint density at radius 2 is 1.70 bits per heavy atom. The number of fused-ring (bicyclic) bond motifs is 6. The second kappa shape index (κ2) is 9.83. The smallest absolute Gasteiger partial charge is 0.142 e. The molecule has 0 radical (unpaired) electrons. The third kappa shape index (κ3) is 3.83. The molecule has 40 heavy (non-hydrogen) atoms. The standard InChI is InChI=1S/C35H33NO4/c1-39-32-9-5-8-30-29-15-12-22-16-23(11-13-26(22)31(29)18-33(40-2)34(30)32)28-14-10-21-6-3-4-7-27(21)35(28)36-19-25(38)17-24(36)20-37/h3-10,12,14-15,18,20,23-25,38H,11,13,16-17,19H2,1-2H3. The van der Waals surface area contributed by atoms with Crippen LogP contribution in [0.5, 0.6) is 11.5 Å². The van der Waals surface area contributed by atoms with Gasteiger partial charge >= 0.3 is 0 Å². The molecule has 1 saturated heterocycles. The number of ether oxygens (including phenoxy) is 2. The number of hydrogen-bond donors (Lipinski definition) is 1. The fourth-order valence-electron chi connectivity index (χ4n) is 7.24. The summed E-state index contributed by atoms with van der Waals surface area (Å²) in [6.45, 7) is 0.481. The molecular weight excluding hydrogens is 498 g/mol. The Balaban J connectivity index is 1.35. The summed E-state index contributed by atoms with van der Waals surface area (Å²) in [7, 11) is 3.42. The first-order valence-electron chi connectivity index (χ1n) is 14.1. The predicted molar refractivity (Wildman–Crippen MR) is 161 cm³/mol. The van der Waals surface area contributed by atoms with E-state index < -0.39 is 6.10 Å². The fourth-order valence-corrected chi connectivity index (χ4v) is 7.24. The topological polar surface area (TPSA) is 59.0 Å². The molecule has 0 amide bonds. The van der Waals surface area contributed by atoms with Crippen molar-refractivity contribution in [2.45, 2.75) is 43.7 Å². The number of methoxy groups -OCH3 is 2. The van der Waals surface area contributed by atoms with Gasteiger partial charge in [0, 0.05) is 24.0 Å². The summed E-state index contributed by atoms with van der Waals surface area (Å²) >= 11 is 0. The largest absolute Gasteiger partial charge is 0.496 e. The van der Waals surface area contributed by atoms with Crippen LogP contribution < -0.4 is 14.4 Å². The molecule has 5 aromatic carbocycles. The van der Waals surface area contributed by atoms with E-state index in [-0.39, 0.29) is 6.04 Å². The number of carbonyl (C=O) groups excluding carboxylic acids is 1. The van der Waals surface area contributed by atoms with E-state index in [9.17, 15) is 9.90 Å². The summed E-state index contributed by atoms with van der Waals surface area (Å²) < 4.78 is 11.5. The molecule has 3 atom stereocenters. The van der Waals surface area contributed by atoms with E-state index in [1.54, 1.807) is 14.2 Å². The second-order valence-corrected chi connectivity index (χ2v) is 11.2. The van der Waals surface area contributed by atoms with Gasteiger partial charge < -0.3 is 24.3 Å². The van der Waals surface area contributed by atoms with E-state index in [0.29, 0.717) is 18.9 Å². The van der Waals surface area contributed by atoms with Gasteiger partial charge in [0.25, 0.3) is 0 Å². The van der Waals surface area contributed by atoms with Crippen molar-refractivity contribution in [3.63, 3.8) is 0 Å². The highest BCUT2D eigenvalue weighted by molar-refractivity contribution is 6.13. The molecule has 1 heterocycles. The fraction of sp³-hybridized carbons (Fsp3) is 0.286. The van der Waals surface area contributed by atoms with Crippen molar-refractivity contribution in [2.75, 3.05) is 25.7 Å². The zero-order valence-corrected chi connectivity index (χ0v) is 22.9. The monoisotopic (exact) mass is 531 g/mol. The maximum absolute atomic E-state index is 12.1. The predicted octanol–water partition coefficient (Wildman–Crippen LogP) is 6.57. The zero-order chi connectivity index (χ0) is 27.4. The number of β-amino-alcohol motifs (C(OH)–C–C–N with tert-alkyl or cyclic N) is 1. The lowest BCUT2D eigenvalue weighted by atomic mass is 9.77. The normalized spacial score (nSPS) is 20.7. The van der Waals surface area contributed by atoms with Crippen LogP contribution in [0.1, 0.15) is 35.4 Å². The van der Waals surface area contributed by atoms with Crippen molar-refractivity contribution in [1.29, 1.82) is 0 Å². The molecule has 1 N–H and O–H groups in total. The van der Waals surface area contributed by atoms with Crippen molar-refractivity contribution < 1.29 is 19.4 Å². The Hall–Kier alpha value is -4.09. The highest BCUT2D eigenvalue weighted by Crippen LogP contribution is 2.46. The maximum atomic E-state index is 12.1. The zero-order valence-electron chi connectivity index (χ0n) is 22.9. The van der Waals surface area contributed by atoms with Gasteiger partial charge in [0.2, 0.25) is 0 Å². The number of aliphatic hydroxyl groups is 1. The van der Waals surface area contributed by atoms with Crippen LogP contribution in [0.4, 0.5) is 5.69 Å². The van der Waals surface area contributed by atoms with Gasteiger partial charge in [-0.1, -0.05) is 60.7 Å². The molecule has 7 rings (SSSR count). The third-order valence-electron chi connectivity index (χ3n) is 9.08. The number of aliphatic hydroxyl groups excluding tert-OH is 1. The summed E-state index contributed by atoms with van der Waals surface area (Å²) in [5.41, 5.74) is 5.13. The van der Waals surface area contributed by atoms with Crippen molar-refractivity contribution >= 4 is 44.3 Å². The Bertz CT molecular complexity index is 1780. The molecule has 1 aliphatic heterocycles. The van der Waals surface area contributed by atoms with Crippen LogP contribution in [0.3, 0.4) is 0 Å². The van der Waals surface area contributed by atoms with E-state index in [0.717, 1.165) is 64.3 Å². The molecule has 5 nitrogen and oxygen atoms in total. The van der Waals surface area contributed by atoms with E-state index in [1.165, 1.54) is 27.5 Å². The van der Waals surface area contributed by atoms with E-state index in [1.807, 2.05) is 12.1 Å². The van der Waals surface area contributed by atoms with Crippen molar-refractivity contribution in [3.05, 3.63) is 89.5 Å². The molecule has 2 aliphatic rings. The molecule has 0 spiro atoms. The molecule has 0 aromatic heterocycles. The van der Waals surface area contributed by atoms with Gasteiger partial charge in [-0.3, -0.25) is 0 Å². The lowest BCUT2D eigenvalue weighted by molar-refractivity contribution is -0.108. The number of hydrogen-bond acceptors (Lipinski definition) is 5. The van der Waals surface area contributed by atoms with Gasteiger partial charge in [-0.25, -0.2) is 0 Å². The third-order valence-corrected chi connectivity index (χ3v) is 9.08. The Kier molecular flexibility index (Phi) is 6.12. The summed E-state index contributed by atoms with van der Waals surface area (Å²) in [5.74, 6) is 1.97. The molecule has 3 unspecified atom stereocenters. The van der Waals surface area contributed by atoms with E-state index in [4.69, 9.17) is 9.47 Å². The number of aryl methyl sites for hydroxylation is 1. The number of carbonyl (C=O) groups is 1. The van der Waals surface area contributed by atoms with Crippen molar-refractivity contribution in [3.8, 4) is 11.5 Å². The minimum atomic E-state index is -0.496. The number of aldehydes is 1. The van der Waals surface area contributed by atoms with Gasteiger partial charge in [-0.05, 0) is 75.5 Å². The van der Waals surface area contributed by atoms with Gasteiger partial charge in [0.1, 0.15) is 17.8 Å². The molecule has 5 heteroatoms. The maximum Gasteiger partial charge on any atom is 0.142 e. The van der Waals surface area contributed by atoms with Gasteiger partial charge in [0.15, 0.2) is 0 Å². The first-order valence-corrected chi connectivity index (χ1v) is 14.1. The summed E-state index contributed by atoms with van der Waals surface area (Å²) in [6.07, 6.45) is 3.88. The number of anilines is 1. The van der Waals surface area contributed by atoms with Crippen LogP contribution >= 0.6 is 0 Å². The minimum absolute atomic E-state index is 0.308. The van der Waals surface area contributed by atoms with Gasteiger partial charge in [-0.2, -0.15) is 0 Å². The van der Waals surface area contributed by atoms with Crippen LogP contribution in [-0.2, 0) is 17.6 Å². The quantitative estimate of drug-likeness (QED) is 0.205. The average Bonchev–Trinajstić information content (AvgIpc) is 3.39. The Morgan fingerprint density at radius 1 is 0.875 bits per heavy atom. The summed E-state index contributed by atoms with van der Waals surface area (Å²) in [5, 5.41) is 17.4. The molecule has 1 aliphatic carbocycles. The van der Waals surface area contributed by atoms with E-state index in [2.05, 4.69) is 65.6 Å². The average molecular weight is 532 g/mol. The molecule has 0 saturated carbocycles. The van der Waals surface area contributed by atoms with Crippen LogP contribution in [0, 0.1) is 0 Å². The van der Waals surface area contributed by atoms with Crippen LogP contribution in [0.15, 0.2) is 72.8 Å². The molecular formula is C35H33NO4. The van der Waals surface area contributed by atoms with Gasteiger partial charge in [0.05, 0.1) is 31.8 Å². The number of rotatable bonds is 5. The Labute approximate surface area is 233 Å². The van der Waals surface area contributed by atoms with Gasteiger partial charge in [-0.15, -0.1) is 0 Å². The van der Waals surface area contributed by atoms with Crippen LogP contribution in [0.2, 0.25) is 0 Å². The number of benzene rings is 5. The molecule has 202 valence electrons. The first-order chi connectivity index (χ1) is 19.6. The second-order valence-electron chi connectivity index (χ2n) is 11.2. The van der Waals surface area contributed by atoms with Crippen molar-refractivity contribution in [2.24, 2.45) is 0 Å². The SMILES string of the molecule is COc1cccc2c1c(OC)cc1c3c(ccc12)CC(c1ccc2ccccc2c1N1CC(O)CC1C=O)CC3. The summed E-state index contributed by atoms with van der Waals surface area (Å²) in [4.78, 5) is 14.2. The minimum Gasteiger partial charge on any atom is -0.496 e. The number of nitrogens with zero attached hydrogens (tertiary/aromatic N) is 1. The highest BCUT2D eigenvalue weighted by Gasteiger charge is 2.35. The summed E-state index contributed by atoms with van der Waals surface area (Å²) in [6, 6.07) is 25.4. The lowest BCUT2D eigenvalue weighted by Gasteiger charge is -2.33. The molecule has 1 fully saturated rings. The molecule has 5 aromatic rings.